The lowest BCUT2D eigenvalue weighted by Crippen LogP contribution is -2.44. The van der Waals surface area contributed by atoms with Crippen LogP contribution in [0, 0.1) is 5.92 Å². The number of hydrogen-bond acceptors (Lipinski definition) is 5. The van der Waals surface area contributed by atoms with Crippen LogP contribution >= 0.6 is 11.3 Å². The van der Waals surface area contributed by atoms with Gasteiger partial charge in [0.15, 0.2) is 0 Å². The summed E-state index contributed by atoms with van der Waals surface area (Å²) < 4.78 is 0. The number of nitrogens with zero attached hydrogens (tertiary/aromatic N) is 2. The topological polar surface area (TPSA) is 98.8 Å². The number of likely N-dealkylation sites (tertiary alicyclic amines) is 2. The first-order chi connectivity index (χ1) is 20.8. The zero-order valence-corrected chi connectivity index (χ0v) is 25.4. The number of thiophene rings is 1. The molecule has 0 saturated carbocycles. The smallest absolute Gasteiger partial charge is 0.247 e. The van der Waals surface area contributed by atoms with Crippen molar-refractivity contribution in [3.63, 3.8) is 0 Å². The number of amides is 4. The van der Waals surface area contributed by atoms with Gasteiger partial charge in [-0.15, -0.1) is 11.3 Å². The highest BCUT2D eigenvalue weighted by Crippen LogP contribution is 2.24. The molecule has 3 aromatic rings. The van der Waals surface area contributed by atoms with E-state index in [9.17, 15) is 19.2 Å². The standard InChI is InChI=1S/C34H38N4O4S/c1-23(2)34(42)38-20-4-8-30(38)33(41)36-27-17-13-25(14-18-27)10-9-24-11-15-26(16-12-24)35-32(40)29-7-3-19-37(29)31(39)22-28-6-5-21-43-28/h5-6,9-18,21,23,29-30H,3-4,7-8,19-20,22H2,1-2H3,(H,35,40)(H,36,41)/b10-9+/t29-,30-/m0/s1. The number of anilines is 2. The molecule has 2 saturated heterocycles. The highest BCUT2D eigenvalue weighted by Gasteiger charge is 2.35. The van der Waals surface area contributed by atoms with E-state index in [-0.39, 0.29) is 29.5 Å². The molecule has 8 nitrogen and oxygen atoms in total. The largest absolute Gasteiger partial charge is 0.330 e. The summed E-state index contributed by atoms with van der Waals surface area (Å²) in [5, 5.41) is 7.89. The van der Waals surface area contributed by atoms with E-state index < -0.39 is 12.1 Å². The van der Waals surface area contributed by atoms with Crippen molar-refractivity contribution in [2.45, 2.75) is 58.0 Å². The van der Waals surface area contributed by atoms with Gasteiger partial charge in [0.1, 0.15) is 12.1 Å². The Morgan fingerprint density at radius 1 is 0.791 bits per heavy atom. The Morgan fingerprint density at radius 2 is 1.30 bits per heavy atom. The summed E-state index contributed by atoms with van der Waals surface area (Å²) >= 11 is 1.55. The van der Waals surface area contributed by atoms with Gasteiger partial charge < -0.3 is 20.4 Å². The molecule has 0 aliphatic carbocycles. The van der Waals surface area contributed by atoms with Crippen LogP contribution in [0.2, 0.25) is 0 Å². The molecule has 224 valence electrons. The molecule has 0 bridgehead atoms. The molecule has 2 aliphatic rings. The quantitative estimate of drug-likeness (QED) is 0.310. The number of carbonyl (C=O) groups excluding carboxylic acids is 4. The molecular weight excluding hydrogens is 560 g/mol. The van der Waals surface area contributed by atoms with Crippen LogP contribution in [0.3, 0.4) is 0 Å². The van der Waals surface area contributed by atoms with Crippen molar-refractivity contribution in [2.75, 3.05) is 23.7 Å². The van der Waals surface area contributed by atoms with Crippen molar-refractivity contribution in [1.82, 2.24) is 9.80 Å². The van der Waals surface area contributed by atoms with E-state index in [1.807, 2.05) is 92.0 Å². The monoisotopic (exact) mass is 598 g/mol. The van der Waals surface area contributed by atoms with Crippen LogP contribution in [0.15, 0.2) is 66.0 Å². The third kappa shape index (κ3) is 7.59. The van der Waals surface area contributed by atoms with Crippen LogP contribution in [-0.2, 0) is 25.6 Å². The summed E-state index contributed by atoms with van der Waals surface area (Å²) in [6.07, 6.45) is 7.31. The fourth-order valence-corrected chi connectivity index (χ4v) is 6.33. The van der Waals surface area contributed by atoms with Crippen molar-refractivity contribution in [3.8, 4) is 0 Å². The van der Waals surface area contributed by atoms with Gasteiger partial charge >= 0.3 is 0 Å². The molecular formula is C34H38N4O4S. The fraction of sp³-hybridized carbons (Fsp3) is 0.353. The van der Waals surface area contributed by atoms with Crippen LogP contribution < -0.4 is 10.6 Å². The van der Waals surface area contributed by atoms with Gasteiger partial charge in [0.25, 0.3) is 0 Å². The molecule has 0 spiro atoms. The second kappa shape index (κ2) is 13.8. The highest BCUT2D eigenvalue weighted by molar-refractivity contribution is 7.10. The van der Waals surface area contributed by atoms with Gasteiger partial charge in [0, 0.05) is 35.3 Å². The molecule has 0 radical (unpaired) electrons. The average molecular weight is 599 g/mol. The molecule has 2 N–H and O–H groups in total. The molecule has 2 fully saturated rings. The Labute approximate surface area is 256 Å². The maximum Gasteiger partial charge on any atom is 0.247 e. The molecule has 2 aliphatic heterocycles. The van der Waals surface area contributed by atoms with Crippen molar-refractivity contribution in [2.24, 2.45) is 5.92 Å². The number of carbonyl (C=O) groups is 4. The van der Waals surface area contributed by atoms with Crippen molar-refractivity contribution in [1.29, 1.82) is 0 Å². The van der Waals surface area contributed by atoms with Crippen molar-refractivity contribution in [3.05, 3.63) is 82.0 Å². The first kappa shape index (κ1) is 30.2. The van der Waals surface area contributed by atoms with Gasteiger partial charge in [-0.1, -0.05) is 56.3 Å². The molecule has 4 amide bonds. The molecule has 2 aromatic carbocycles. The van der Waals surface area contributed by atoms with Gasteiger partial charge in [-0.25, -0.2) is 0 Å². The second-order valence-electron chi connectivity index (χ2n) is 11.4. The first-order valence-corrected chi connectivity index (χ1v) is 15.8. The summed E-state index contributed by atoms with van der Waals surface area (Å²) in [5.41, 5.74) is 3.33. The molecule has 1 aromatic heterocycles. The van der Waals surface area contributed by atoms with E-state index in [0.717, 1.165) is 28.8 Å². The van der Waals surface area contributed by atoms with Crippen LogP contribution in [0.1, 0.15) is 55.5 Å². The number of benzene rings is 2. The summed E-state index contributed by atoms with van der Waals surface area (Å²) in [4.78, 5) is 55.5. The van der Waals surface area contributed by atoms with Gasteiger partial charge in [0.2, 0.25) is 23.6 Å². The van der Waals surface area contributed by atoms with Gasteiger partial charge in [0.05, 0.1) is 6.42 Å². The van der Waals surface area contributed by atoms with Gasteiger partial charge in [-0.2, -0.15) is 0 Å². The Kier molecular flexibility index (Phi) is 9.72. The van der Waals surface area contributed by atoms with Gasteiger partial charge in [-0.3, -0.25) is 19.2 Å². The molecule has 3 heterocycles. The lowest BCUT2D eigenvalue weighted by atomic mass is 10.1. The molecule has 43 heavy (non-hydrogen) atoms. The van der Waals surface area contributed by atoms with Gasteiger partial charge in [-0.05, 0) is 72.5 Å². The van der Waals surface area contributed by atoms with E-state index in [1.54, 1.807) is 21.1 Å². The summed E-state index contributed by atoms with van der Waals surface area (Å²) in [5.74, 6) is -0.413. The summed E-state index contributed by atoms with van der Waals surface area (Å²) in [6, 6.07) is 18.2. The predicted octanol–water partition coefficient (Wildman–Crippen LogP) is 5.68. The normalized spacial score (nSPS) is 18.4. The zero-order chi connectivity index (χ0) is 30.3. The predicted molar refractivity (Wildman–Crippen MR) is 171 cm³/mol. The van der Waals surface area contributed by atoms with Crippen molar-refractivity contribution < 1.29 is 19.2 Å². The Morgan fingerprint density at radius 3 is 1.79 bits per heavy atom. The van der Waals surface area contributed by atoms with E-state index in [0.29, 0.717) is 43.7 Å². The average Bonchev–Trinajstić information content (AvgIpc) is 3.79. The van der Waals surface area contributed by atoms with Crippen LogP contribution in [-0.4, -0.2) is 58.6 Å². The van der Waals surface area contributed by atoms with Crippen LogP contribution in [0.25, 0.3) is 12.2 Å². The lowest BCUT2D eigenvalue weighted by Gasteiger charge is -2.25. The highest BCUT2D eigenvalue weighted by atomic mass is 32.1. The van der Waals surface area contributed by atoms with Crippen molar-refractivity contribution >= 4 is 58.5 Å². The zero-order valence-electron chi connectivity index (χ0n) is 24.6. The summed E-state index contributed by atoms with van der Waals surface area (Å²) in [6.45, 7) is 4.95. The fourth-order valence-electron chi connectivity index (χ4n) is 5.63. The van der Waals surface area contributed by atoms with E-state index >= 15 is 0 Å². The Bertz CT molecular complexity index is 1470. The Hall–Kier alpha value is -4.24. The molecule has 0 unspecified atom stereocenters. The van der Waals surface area contributed by atoms with E-state index in [2.05, 4.69) is 10.6 Å². The lowest BCUT2D eigenvalue weighted by molar-refractivity contribution is -0.139. The second-order valence-corrected chi connectivity index (χ2v) is 12.4. The Balaban J connectivity index is 1.12. The SMILES string of the molecule is CC(C)C(=O)N1CCC[C@H]1C(=O)Nc1ccc(/C=C/c2ccc(NC(=O)[C@@H]3CCCN3C(=O)Cc3cccs3)cc2)cc1. The van der Waals surface area contributed by atoms with E-state index in [4.69, 9.17) is 0 Å². The molecule has 2 atom stereocenters. The number of hydrogen-bond donors (Lipinski definition) is 2. The van der Waals surface area contributed by atoms with Crippen LogP contribution in [0.5, 0.6) is 0 Å². The maximum atomic E-state index is 13.0. The number of rotatable bonds is 9. The third-order valence-corrected chi connectivity index (χ3v) is 8.81. The summed E-state index contributed by atoms with van der Waals surface area (Å²) in [7, 11) is 0. The first-order valence-electron chi connectivity index (χ1n) is 14.9. The number of nitrogens with one attached hydrogen (secondary N) is 2. The van der Waals surface area contributed by atoms with Crippen LogP contribution in [0.4, 0.5) is 11.4 Å². The maximum absolute atomic E-state index is 13.0. The minimum absolute atomic E-state index is 0.00502. The molecule has 5 rings (SSSR count). The third-order valence-electron chi connectivity index (χ3n) is 7.94. The van der Waals surface area contributed by atoms with E-state index in [1.165, 1.54) is 0 Å². The minimum atomic E-state index is -0.445. The minimum Gasteiger partial charge on any atom is -0.330 e. The molecule has 9 heteroatoms.